The van der Waals surface area contributed by atoms with Crippen molar-refractivity contribution in [1.82, 2.24) is 5.32 Å². The highest BCUT2D eigenvalue weighted by molar-refractivity contribution is 7.12. The number of nitrogens with one attached hydrogen (secondary N) is 1. The van der Waals surface area contributed by atoms with Crippen molar-refractivity contribution < 1.29 is 29.6 Å². The lowest BCUT2D eigenvalue weighted by Gasteiger charge is -2.39. The summed E-state index contributed by atoms with van der Waals surface area (Å²) in [5.41, 5.74) is 2.45. The second-order valence-corrected chi connectivity index (χ2v) is 9.93. The van der Waals surface area contributed by atoms with Gasteiger partial charge in [0.05, 0.1) is 11.5 Å². The normalized spacial score (nSPS) is 23.8. The Labute approximate surface area is 224 Å². The number of aliphatic hydroxyl groups is 3. The number of nitrogens with zero attached hydrogens (tertiary/aromatic N) is 1. The summed E-state index contributed by atoms with van der Waals surface area (Å²) in [5.74, 6) is 0.531. The summed E-state index contributed by atoms with van der Waals surface area (Å²) in [6, 6.07) is 16.5. The molecule has 3 aromatic rings. The zero-order valence-corrected chi connectivity index (χ0v) is 21.7. The van der Waals surface area contributed by atoms with Gasteiger partial charge in [-0.2, -0.15) is 0 Å². The third-order valence-corrected chi connectivity index (χ3v) is 7.24. The van der Waals surface area contributed by atoms with E-state index in [1.54, 1.807) is 29.6 Å². The fourth-order valence-electron chi connectivity index (χ4n) is 4.07. The molecule has 1 amide bonds. The summed E-state index contributed by atoms with van der Waals surface area (Å²) >= 11 is 7.77. The van der Waals surface area contributed by atoms with Crippen molar-refractivity contribution in [3.63, 3.8) is 0 Å². The summed E-state index contributed by atoms with van der Waals surface area (Å²) in [7, 11) is 0. The molecule has 0 bridgehead atoms. The number of aliphatic hydroxyl groups excluding tert-OH is 3. The molecule has 5 atom stereocenters. The molecule has 1 aliphatic rings. The first-order valence-electron chi connectivity index (χ1n) is 11.9. The van der Waals surface area contributed by atoms with E-state index in [1.165, 1.54) is 17.6 Å². The molecule has 0 spiro atoms. The van der Waals surface area contributed by atoms with Crippen molar-refractivity contribution >= 4 is 35.1 Å². The van der Waals surface area contributed by atoms with Gasteiger partial charge in [-0.25, -0.2) is 0 Å². The maximum atomic E-state index is 12.0. The smallest absolute Gasteiger partial charge is 0.262 e. The number of amides is 1. The fourth-order valence-corrected chi connectivity index (χ4v) is 4.90. The van der Waals surface area contributed by atoms with Gasteiger partial charge >= 0.3 is 0 Å². The van der Waals surface area contributed by atoms with Crippen molar-refractivity contribution in [2.24, 2.45) is 4.99 Å². The monoisotopic (exact) mass is 544 g/mol. The minimum Gasteiger partial charge on any atom is -0.494 e. The molecule has 1 aliphatic heterocycles. The number of thiophene rings is 1. The Morgan fingerprint density at radius 1 is 1.14 bits per heavy atom. The number of hydrogen-bond acceptors (Lipinski definition) is 8. The van der Waals surface area contributed by atoms with Crippen molar-refractivity contribution in [3.05, 3.63) is 86.6 Å². The lowest BCUT2D eigenvalue weighted by molar-refractivity contribution is -0.205. The number of ether oxygens (including phenoxy) is 2. The molecule has 5 unspecified atom stereocenters. The van der Waals surface area contributed by atoms with Crippen LogP contribution in [-0.4, -0.2) is 65.1 Å². The zero-order chi connectivity index (χ0) is 26.4. The van der Waals surface area contributed by atoms with Gasteiger partial charge in [-0.1, -0.05) is 41.9 Å². The highest BCUT2D eigenvalue weighted by atomic mass is 35.5. The summed E-state index contributed by atoms with van der Waals surface area (Å²) in [5, 5.41) is 36.6. The van der Waals surface area contributed by atoms with Gasteiger partial charge in [0.1, 0.15) is 42.9 Å². The molecule has 4 N–H and O–H groups in total. The van der Waals surface area contributed by atoms with E-state index in [1.807, 2.05) is 37.3 Å². The number of halogens is 1. The van der Waals surface area contributed by atoms with Gasteiger partial charge in [-0.3, -0.25) is 9.79 Å². The van der Waals surface area contributed by atoms with Crippen LogP contribution in [0.5, 0.6) is 5.75 Å². The van der Waals surface area contributed by atoms with E-state index < -0.39 is 30.5 Å². The van der Waals surface area contributed by atoms with E-state index in [9.17, 15) is 20.1 Å². The molecule has 8 nitrogen and oxygen atoms in total. The predicted octanol–water partition coefficient (Wildman–Crippen LogP) is 3.37. The van der Waals surface area contributed by atoms with Crippen LogP contribution in [0.25, 0.3) is 0 Å². The molecule has 0 radical (unpaired) electrons. The molecule has 1 aromatic heterocycles. The second kappa shape index (κ2) is 12.6. The standard InChI is InChI=1S/C27H29ClN2O6S/c1-2-35-19-8-5-16(6-9-19)12-18-13-17(7-10-20(18)28)26-25(33)24(32)23(31)21(36-26)14-29-15-30-27(34)22-4-3-11-37-22/h3-11,13-14,21,23-26,31-33H,2,12,15H2,1H3,(H,30,34). The molecule has 2 aromatic carbocycles. The van der Waals surface area contributed by atoms with Crippen LogP contribution in [0.15, 0.2) is 65.0 Å². The predicted molar refractivity (Wildman–Crippen MR) is 143 cm³/mol. The largest absolute Gasteiger partial charge is 0.494 e. The number of carbonyl (C=O) groups excluding carboxylic acids is 1. The van der Waals surface area contributed by atoms with Crippen molar-refractivity contribution in [2.45, 2.75) is 43.9 Å². The number of hydrogen-bond donors (Lipinski definition) is 4. The summed E-state index contributed by atoms with van der Waals surface area (Å²) in [6.45, 7) is 2.49. The van der Waals surface area contributed by atoms with Gasteiger partial charge in [0.25, 0.3) is 5.91 Å². The Kier molecular flexibility index (Phi) is 9.31. The Morgan fingerprint density at radius 2 is 1.92 bits per heavy atom. The van der Waals surface area contributed by atoms with E-state index in [0.29, 0.717) is 28.5 Å². The maximum Gasteiger partial charge on any atom is 0.262 e. The lowest BCUT2D eigenvalue weighted by atomic mass is 9.90. The molecule has 1 fully saturated rings. The Morgan fingerprint density at radius 3 is 2.62 bits per heavy atom. The third kappa shape index (κ3) is 6.75. The SMILES string of the molecule is CCOc1ccc(Cc2cc(C3OC(C=NCNC(=O)c4cccs4)C(O)C(O)C3O)ccc2Cl)cc1. The first-order valence-corrected chi connectivity index (χ1v) is 13.1. The van der Waals surface area contributed by atoms with Crippen molar-refractivity contribution in [1.29, 1.82) is 0 Å². The van der Waals surface area contributed by atoms with Crippen LogP contribution in [-0.2, 0) is 11.2 Å². The van der Waals surface area contributed by atoms with Gasteiger partial charge in [0, 0.05) is 11.2 Å². The molecule has 1 saturated heterocycles. The van der Waals surface area contributed by atoms with Crippen LogP contribution in [0.4, 0.5) is 0 Å². The van der Waals surface area contributed by atoms with E-state index in [-0.39, 0.29) is 12.6 Å². The highest BCUT2D eigenvalue weighted by Crippen LogP contribution is 2.34. The topological polar surface area (TPSA) is 121 Å². The molecular formula is C27H29ClN2O6S. The van der Waals surface area contributed by atoms with Crippen LogP contribution >= 0.6 is 22.9 Å². The average molecular weight is 545 g/mol. The minimum absolute atomic E-state index is 0.0280. The van der Waals surface area contributed by atoms with Gasteiger partial charge in [0.15, 0.2) is 0 Å². The van der Waals surface area contributed by atoms with E-state index in [2.05, 4.69) is 10.3 Å². The van der Waals surface area contributed by atoms with Crippen molar-refractivity contribution in [3.8, 4) is 5.75 Å². The van der Waals surface area contributed by atoms with Gasteiger partial charge in [0.2, 0.25) is 0 Å². The van der Waals surface area contributed by atoms with Crippen LogP contribution in [0.2, 0.25) is 5.02 Å². The number of aliphatic imine (C=N–C) groups is 1. The van der Waals surface area contributed by atoms with Gasteiger partial charge in [-0.05, 0) is 59.7 Å². The van der Waals surface area contributed by atoms with E-state index >= 15 is 0 Å². The Hall–Kier alpha value is -2.79. The first kappa shape index (κ1) is 27.3. The molecule has 37 heavy (non-hydrogen) atoms. The van der Waals surface area contributed by atoms with Crippen molar-refractivity contribution in [2.75, 3.05) is 13.3 Å². The Bertz CT molecular complexity index is 1200. The summed E-state index contributed by atoms with van der Waals surface area (Å²) < 4.78 is 11.4. The van der Waals surface area contributed by atoms with E-state index in [4.69, 9.17) is 21.1 Å². The van der Waals surface area contributed by atoms with Crippen LogP contribution < -0.4 is 10.1 Å². The summed E-state index contributed by atoms with van der Waals surface area (Å²) in [4.78, 5) is 16.7. The van der Waals surface area contributed by atoms with Gasteiger partial charge < -0.3 is 30.1 Å². The second-order valence-electron chi connectivity index (χ2n) is 8.57. The molecular weight excluding hydrogens is 516 g/mol. The molecule has 0 saturated carbocycles. The quantitative estimate of drug-likeness (QED) is 0.307. The molecule has 4 rings (SSSR count). The number of benzene rings is 2. The molecule has 0 aliphatic carbocycles. The maximum absolute atomic E-state index is 12.0. The average Bonchev–Trinajstić information content (AvgIpc) is 3.44. The molecule has 2 heterocycles. The zero-order valence-electron chi connectivity index (χ0n) is 20.2. The minimum atomic E-state index is -1.46. The molecule has 196 valence electrons. The first-order chi connectivity index (χ1) is 17.9. The van der Waals surface area contributed by atoms with Crippen LogP contribution in [0.1, 0.15) is 39.4 Å². The number of rotatable bonds is 9. The fraction of sp³-hybridized carbons (Fsp3) is 0.333. The van der Waals surface area contributed by atoms with Gasteiger partial charge in [-0.15, -0.1) is 11.3 Å². The third-order valence-electron chi connectivity index (χ3n) is 6.01. The lowest BCUT2D eigenvalue weighted by Crippen LogP contribution is -2.54. The highest BCUT2D eigenvalue weighted by Gasteiger charge is 2.43. The number of carbonyl (C=O) groups is 1. The molecule has 10 heteroatoms. The summed E-state index contributed by atoms with van der Waals surface area (Å²) in [6.07, 6.45) is -4.25. The Balaban J connectivity index is 1.45. The van der Waals surface area contributed by atoms with Crippen LogP contribution in [0.3, 0.4) is 0 Å². The van der Waals surface area contributed by atoms with Crippen LogP contribution in [0, 0.1) is 0 Å². The van der Waals surface area contributed by atoms with E-state index in [0.717, 1.165) is 16.9 Å².